The van der Waals surface area contributed by atoms with E-state index in [1.807, 2.05) is 69.3 Å². The Hall–Kier alpha value is -6.74. The van der Waals surface area contributed by atoms with Crippen LogP contribution in [-0.4, -0.2) is 172 Å². The lowest BCUT2D eigenvalue weighted by molar-refractivity contribution is -0.141. The Labute approximate surface area is 469 Å². The van der Waals surface area contributed by atoms with Gasteiger partial charge in [0.25, 0.3) is 0 Å². The number of fused-ring (bicyclic) bond motifs is 2. The minimum absolute atomic E-state index is 0.00190. The van der Waals surface area contributed by atoms with Gasteiger partial charge in [0.05, 0.1) is 39.9 Å². The number of rotatable bonds is 19. The minimum Gasteiger partial charge on any atom is -0.508 e. The number of carbonyl (C=O) groups is 3. The maximum absolute atomic E-state index is 17.1. The van der Waals surface area contributed by atoms with E-state index in [2.05, 4.69) is 67.8 Å². The number of hydrogen-bond acceptors (Lipinski definition) is 15. The fourth-order valence-corrected chi connectivity index (χ4v) is 11.8. The number of ether oxygens (including phenoxy) is 2. The number of anilines is 1. The van der Waals surface area contributed by atoms with Crippen molar-refractivity contribution in [3.8, 4) is 33.3 Å². The second-order valence-electron chi connectivity index (χ2n) is 21.6. The van der Waals surface area contributed by atoms with Gasteiger partial charge < -0.3 is 45.0 Å². The summed E-state index contributed by atoms with van der Waals surface area (Å²) in [6.45, 7) is 24.0. The Morgan fingerprint density at radius 2 is 1.63 bits per heavy atom. The first-order chi connectivity index (χ1) is 37.9. The highest BCUT2D eigenvalue weighted by Gasteiger charge is 2.43. The SMILES string of the molecule is C=CC(=O)N1CCN(c2nc(OCCN3CCN(CCOCC(=O)N[C@H](C(=O)N4C[C@H](O)C[C@H]4C(=C)N[C@@H](C)c4ccc(-c5scnc5C)cc4)C(C)(C)C)CC3)nc3c(F)c(-c4cc(O)cc5ccccc45)c(Cl)cc23)CC1. The fourth-order valence-electron chi connectivity index (χ4n) is 10.7. The highest BCUT2D eigenvalue weighted by Crippen LogP contribution is 2.43. The number of benzene rings is 4. The third-order valence-electron chi connectivity index (χ3n) is 15.1. The summed E-state index contributed by atoms with van der Waals surface area (Å²) in [5.74, 6) is -1.12. The number of amides is 3. The number of aromatic hydroxyl groups is 1. The highest BCUT2D eigenvalue weighted by atomic mass is 35.5. The number of likely N-dealkylation sites (tertiary alicyclic amines) is 1. The number of phenolic OH excluding ortho intramolecular Hbond substituents is 1. The monoisotopic (exact) mass is 1120 g/mol. The van der Waals surface area contributed by atoms with Crippen LogP contribution in [0.5, 0.6) is 11.8 Å². The third-order valence-corrected chi connectivity index (χ3v) is 16.4. The lowest BCUT2D eigenvalue weighted by Crippen LogP contribution is -2.57. The van der Waals surface area contributed by atoms with Gasteiger partial charge in [-0.3, -0.25) is 24.2 Å². The van der Waals surface area contributed by atoms with Crippen molar-refractivity contribution in [2.45, 2.75) is 65.3 Å². The maximum Gasteiger partial charge on any atom is 0.319 e. The summed E-state index contributed by atoms with van der Waals surface area (Å²) in [5.41, 5.74) is 5.50. The molecular weight excluding hydrogens is 1050 g/mol. The molecule has 9 rings (SSSR count). The normalized spacial score (nSPS) is 18.2. The molecule has 3 saturated heterocycles. The van der Waals surface area contributed by atoms with Gasteiger partial charge in [0.15, 0.2) is 5.82 Å². The molecule has 20 heteroatoms. The summed E-state index contributed by atoms with van der Waals surface area (Å²) >= 11 is 8.53. The molecule has 2 aromatic heterocycles. The smallest absolute Gasteiger partial charge is 0.319 e. The lowest BCUT2D eigenvalue weighted by Gasteiger charge is -2.36. The van der Waals surface area contributed by atoms with E-state index in [4.69, 9.17) is 26.1 Å². The van der Waals surface area contributed by atoms with Gasteiger partial charge in [-0.25, -0.2) is 9.37 Å². The fraction of sp³-hybridized carbons (Fsp3) is 0.424. The van der Waals surface area contributed by atoms with Gasteiger partial charge in [-0.2, -0.15) is 9.97 Å². The number of nitrogens with zero attached hydrogens (tertiary/aromatic N) is 8. The largest absolute Gasteiger partial charge is 0.508 e. The van der Waals surface area contributed by atoms with Crippen LogP contribution in [0.2, 0.25) is 5.02 Å². The van der Waals surface area contributed by atoms with Crippen molar-refractivity contribution >= 4 is 68.2 Å². The van der Waals surface area contributed by atoms with Crippen LogP contribution < -0.4 is 20.3 Å². The molecule has 0 radical (unpaired) electrons. The van der Waals surface area contributed by atoms with E-state index in [9.17, 15) is 24.6 Å². The van der Waals surface area contributed by atoms with Crippen molar-refractivity contribution in [1.82, 2.24) is 45.2 Å². The Kier molecular flexibility index (Phi) is 17.8. The van der Waals surface area contributed by atoms with Gasteiger partial charge >= 0.3 is 6.01 Å². The first-order valence-corrected chi connectivity index (χ1v) is 28.1. The summed E-state index contributed by atoms with van der Waals surface area (Å²) in [4.78, 5) is 64.9. The zero-order valence-electron chi connectivity index (χ0n) is 45.5. The van der Waals surface area contributed by atoms with E-state index < -0.39 is 35.3 Å². The van der Waals surface area contributed by atoms with Gasteiger partial charge in [-0.15, -0.1) is 11.3 Å². The molecule has 79 heavy (non-hydrogen) atoms. The Bertz CT molecular complexity index is 3210. The van der Waals surface area contributed by atoms with Crippen molar-refractivity contribution in [2.75, 3.05) is 96.7 Å². The Morgan fingerprint density at radius 3 is 2.30 bits per heavy atom. The molecule has 0 saturated carbocycles. The van der Waals surface area contributed by atoms with Crippen LogP contribution in [0.3, 0.4) is 0 Å². The number of phenols is 1. The number of aromatic nitrogens is 3. The quantitative estimate of drug-likeness (QED) is 0.0459. The highest BCUT2D eigenvalue weighted by molar-refractivity contribution is 7.13. The standard InChI is InChI=1S/C59H70ClFN10O7S/c1-8-50(75)69-21-23-70(24-22-69)56-46-32-47(60)51(45-30-42(72)29-41-11-9-10-12-44(41)45)52(61)53(46)65-58(66-56)78-28-26-68-19-17-67(18-20-68)25-27-77-34-49(74)64-55(59(5,6)7)57(76)71-33-43(73)31-48(71)37(3)63-36(2)39-13-15-40(16-14-39)54-38(4)62-35-79-54/h8-16,29-30,32,35-36,43,48,55,63,72-73H,1,3,17-28,31,33-34H2,2,4-7H3,(H,64,74)/t36-,43+,48-,55+/m0/s1. The zero-order valence-corrected chi connectivity index (χ0v) is 47.1. The van der Waals surface area contributed by atoms with E-state index in [1.165, 1.54) is 12.1 Å². The molecule has 418 valence electrons. The summed E-state index contributed by atoms with van der Waals surface area (Å²) in [6.07, 6.45) is 0.882. The first-order valence-electron chi connectivity index (χ1n) is 26.8. The van der Waals surface area contributed by atoms with Crippen molar-refractivity contribution in [2.24, 2.45) is 5.41 Å². The molecule has 0 bridgehead atoms. The molecule has 0 unspecified atom stereocenters. The van der Waals surface area contributed by atoms with E-state index in [1.54, 1.807) is 33.3 Å². The zero-order chi connectivity index (χ0) is 56.1. The number of β-amino-alcohol motifs (C(OH)–C–C–N with tert-alkyl or cyclic N) is 1. The Morgan fingerprint density at radius 1 is 0.937 bits per heavy atom. The predicted octanol–water partition coefficient (Wildman–Crippen LogP) is 7.58. The number of thiazole rings is 1. The number of carbonyl (C=O) groups excluding carboxylic acids is 3. The average Bonchev–Trinajstić information content (AvgIpc) is 4.24. The minimum atomic E-state index is -0.877. The van der Waals surface area contributed by atoms with Crippen LogP contribution in [-0.2, 0) is 19.1 Å². The van der Waals surface area contributed by atoms with Crippen molar-refractivity contribution in [3.63, 3.8) is 0 Å². The number of nitrogens with one attached hydrogen (secondary N) is 2. The Balaban J connectivity index is 0.759. The molecule has 0 aliphatic carbocycles. The molecule has 3 amide bonds. The maximum atomic E-state index is 17.1. The van der Waals surface area contributed by atoms with Crippen LogP contribution >= 0.6 is 22.9 Å². The summed E-state index contributed by atoms with van der Waals surface area (Å²) in [5, 5.41) is 29.9. The van der Waals surface area contributed by atoms with Crippen LogP contribution in [0.15, 0.2) is 97.2 Å². The number of halogens is 2. The molecule has 4 aromatic carbocycles. The second kappa shape index (κ2) is 24.7. The summed E-state index contributed by atoms with van der Waals surface area (Å²) < 4.78 is 29.2. The molecule has 3 aliphatic heterocycles. The van der Waals surface area contributed by atoms with Crippen LogP contribution in [0.4, 0.5) is 10.2 Å². The van der Waals surface area contributed by atoms with E-state index in [-0.39, 0.29) is 65.5 Å². The number of piperazine rings is 2. The third kappa shape index (κ3) is 13.1. The predicted molar refractivity (Wildman–Crippen MR) is 308 cm³/mol. The average molecular weight is 1120 g/mol. The van der Waals surface area contributed by atoms with Crippen molar-refractivity contribution in [1.29, 1.82) is 0 Å². The van der Waals surface area contributed by atoms with E-state index >= 15 is 4.39 Å². The van der Waals surface area contributed by atoms with Gasteiger partial charge in [0.1, 0.15) is 36.3 Å². The number of aliphatic hydroxyl groups excluding tert-OH is 1. The van der Waals surface area contributed by atoms with Crippen LogP contribution in [0, 0.1) is 18.2 Å². The van der Waals surface area contributed by atoms with Crippen LogP contribution in [0.25, 0.3) is 43.2 Å². The molecule has 3 fully saturated rings. The number of aliphatic hydroxyl groups is 1. The molecule has 0 spiro atoms. The molecule has 17 nitrogen and oxygen atoms in total. The second-order valence-corrected chi connectivity index (χ2v) is 22.9. The molecular formula is C59H70ClFN10O7S. The molecule has 3 aliphatic rings. The van der Waals surface area contributed by atoms with Crippen LogP contribution in [0.1, 0.15) is 51.4 Å². The van der Waals surface area contributed by atoms with Gasteiger partial charge in [0.2, 0.25) is 17.7 Å². The number of aryl methyl sites for hydroxylation is 1. The number of hydrogen-bond donors (Lipinski definition) is 4. The summed E-state index contributed by atoms with van der Waals surface area (Å²) in [7, 11) is 0. The van der Waals surface area contributed by atoms with E-state index in [0.29, 0.717) is 80.1 Å². The first kappa shape index (κ1) is 57.0. The lowest BCUT2D eigenvalue weighted by atomic mass is 9.85. The van der Waals surface area contributed by atoms with Gasteiger partial charge in [-0.1, -0.05) is 94.1 Å². The summed E-state index contributed by atoms with van der Waals surface area (Å²) in [6, 6.07) is 19.0. The van der Waals surface area contributed by atoms with Crippen molar-refractivity contribution in [3.05, 3.63) is 119 Å². The molecule has 4 atom stereocenters. The molecule has 5 heterocycles. The molecule has 6 aromatic rings. The van der Waals surface area contributed by atoms with Gasteiger partial charge in [0, 0.05) is 101 Å². The van der Waals surface area contributed by atoms with Crippen molar-refractivity contribution < 1.29 is 38.5 Å². The molecule has 4 N–H and O–H groups in total. The van der Waals surface area contributed by atoms with Gasteiger partial charge in [-0.05, 0) is 71.0 Å². The topological polar surface area (TPSA) is 189 Å². The van der Waals surface area contributed by atoms with E-state index in [0.717, 1.165) is 53.3 Å².